The Morgan fingerprint density at radius 3 is 2.33 bits per heavy atom. The van der Waals surface area contributed by atoms with Gasteiger partial charge in [-0.1, -0.05) is 70.5 Å². The van der Waals surface area contributed by atoms with Crippen LogP contribution in [0.2, 0.25) is 0 Å². The van der Waals surface area contributed by atoms with Crippen molar-refractivity contribution in [1.29, 1.82) is 0 Å². The van der Waals surface area contributed by atoms with Crippen LogP contribution in [-0.2, 0) is 22.6 Å². The number of nitrogens with zero attached hydrogens (tertiary/aromatic N) is 1. The number of benzene rings is 3. The fourth-order valence-corrected chi connectivity index (χ4v) is 3.86. The number of amides is 2. The summed E-state index contributed by atoms with van der Waals surface area (Å²) in [6.45, 7) is 4.08. The lowest BCUT2D eigenvalue weighted by molar-refractivity contribution is -0.142. The zero-order valence-corrected chi connectivity index (χ0v) is 20.8. The van der Waals surface area contributed by atoms with E-state index in [-0.39, 0.29) is 18.4 Å². The minimum Gasteiger partial charge on any atom is -0.483 e. The summed E-state index contributed by atoms with van der Waals surface area (Å²) in [6, 6.07) is 22.7. The summed E-state index contributed by atoms with van der Waals surface area (Å²) in [5.74, 6) is 0.214. The van der Waals surface area contributed by atoms with Crippen LogP contribution in [0.15, 0.2) is 77.3 Å². The van der Waals surface area contributed by atoms with E-state index in [2.05, 4.69) is 21.2 Å². The third-order valence-corrected chi connectivity index (χ3v) is 6.01. The van der Waals surface area contributed by atoms with Crippen molar-refractivity contribution in [3.8, 4) is 5.75 Å². The molecule has 0 aliphatic carbocycles. The lowest BCUT2D eigenvalue weighted by Gasteiger charge is -2.31. The van der Waals surface area contributed by atoms with Crippen LogP contribution >= 0.6 is 15.9 Å². The molecule has 33 heavy (non-hydrogen) atoms. The molecule has 3 aromatic carbocycles. The Morgan fingerprint density at radius 1 is 0.970 bits per heavy atom. The molecule has 0 aliphatic rings. The molecular formula is C27H29BrN2O3. The van der Waals surface area contributed by atoms with Gasteiger partial charge in [0.15, 0.2) is 6.61 Å². The first kappa shape index (κ1) is 24.5. The molecule has 0 fully saturated rings. The zero-order chi connectivity index (χ0) is 23.8. The first-order valence-corrected chi connectivity index (χ1v) is 11.7. The van der Waals surface area contributed by atoms with Gasteiger partial charge in [-0.25, -0.2) is 0 Å². The lowest BCUT2D eigenvalue weighted by atomic mass is 10.0. The molecule has 2 amide bonds. The molecule has 0 aliphatic heterocycles. The van der Waals surface area contributed by atoms with Crippen LogP contribution in [0.5, 0.6) is 5.75 Å². The van der Waals surface area contributed by atoms with Crippen molar-refractivity contribution in [2.45, 2.75) is 32.9 Å². The van der Waals surface area contributed by atoms with Gasteiger partial charge in [-0.3, -0.25) is 9.59 Å². The van der Waals surface area contributed by atoms with Gasteiger partial charge in [0.05, 0.1) is 0 Å². The molecule has 0 aromatic heterocycles. The summed E-state index contributed by atoms with van der Waals surface area (Å²) in [6.07, 6.45) is 0.409. The minimum absolute atomic E-state index is 0.150. The second-order valence-electron chi connectivity index (χ2n) is 8.03. The topological polar surface area (TPSA) is 58.6 Å². The van der Waals surface area contributed by atoms with Gasteiger partial charge < -0.3 is 15.0 Å². The van der Waals surface area contributed by atoms with E-state index in [9.17, 15) is 9.59 Å². The molecule has 6 heteroatoms. The van der Waals surface area contributed by atoms with Gasteiger partial charge in [0.25, 0.3) is 5.91 Å². The van der Waals surface area contributed by atoms with Crippen LogP contribution in [0.3, 0.4) is 0 Å². The van der Waals surface area contributed by atoms with Gasteiger partial charge in [-0.15, -0.1) is 0 Å². The van der Waals surface area contributed by atoms with Gasteiger partial charge in [-0.2, -0.15) is 0 Å². The maximum atomic E-state index is 13.4. The fraction of sp³-hybridized carbons (Fsp3) is 0.259. The monoisotopic (exact) mass is 508 g/mol. The molecule has 0 unspecified atom stereocenters. The number of rotatable bonds is 9. The highest BCUT2D eigenvalue weighted by Gasteiger charge is 2.30. The normalized spacial score (nSPS) is 11.5. The van der Waals surface area contributed by atoms with E-state index < -0.39 is 6.04 Å². The number of carbonyl (C=O) groups excluding carboxylic acids is 2. The van der Waals surface area contributed by atoms with Crippen LogP contribution in [0.25, 0.3) is 0 Å². The fourth-order valence-electron chi connectivity index (χ4n) is 3.59. The summed E-state index contributed by atoms with van der Waals surface area (Å²) in [4.78, 5) is 28.0. The van der Waals surface area contributed by atoms with E-state index in [0.29, 0.717) is 18.7 Å². The van der Waals surface area contributed by atoms with Crippen molar-refractivity contribution in [2.75, 3.05) is 13.7 Å². The summed E-state index contributed by atoms with van der Waals surface area (Å²) < 4.78 is 6.85. The molecule has 5 nitrogen and oxygen atoms in total. The van der Waals surface area contributed by atoms with Crippen molar-refractivity contribution < 1.29 is 14.3 Å². The average molecular weight is 509 g/mol. The highest BCUT2D eigenvalue weighted by atomic mass is 79.9. The number of aryl methyl sites for hydroxylation is 2. The Balaban J connectivity index is 1.88. The molecule has 0 bridgehead atoms. The van der Waals surface area contributed by atoms with Crippen molar-refractivity contribution in [2.24, 2.45) is 0 Å². The van der Waals surface area contributed by atoms with Gasteiger partial charge in [0.1, 0.15) is 11.8 Å². The average Bonchev–Trinajstić information content (AvgIpc) is 2.83. The lowest BCUT2D eigenvalue weighted by Crippen LogP contribution is -2.51. The number of ether oxygens (including phenoxy) is 1. The van der Waals surface area contributed by atoms with E-state index in [1.807, 2.05) is 86.6 Å². The maximum Gasteiger partial charge on any atom is 0.261 e. The van der Waals surface area contributed by atoms with Crippen molar-refractivity contribution in [1.82, 2.24) is 10.2 Å². The Morgan fingerprint density at radius 2 is 1.67 bits per heavy atom. The predicted molar refractivity (Wildman–Crippen MR) is 134 cm³/mol. The van der Waals surface area contributed by atoms with Crippen LogP contribution in [-0.4, -0.2) is 36.4 Å². The smallest absolute Gasteiger partial charge is 0.261 e. The highest BCUT2D eigenvalue weighted by Crippen LogP contribution is 2.21. The van der Waals surface area contributed by atoms with Crippen LogP contribution in [0, 0.1) is 13.8 Å². The summed E-state index contributed by atoms with van der Waals surface area (Å²) in [7, 11) is 1.59. The van der Waals surface area contributed by atoms with Gasteiger partial charge >= 0.3 is 0 Å². The summed E-state index contributed by atoms with van der Waals surface area (Å²) >= 11 is 3.45. The third kappa shape index (κ3) is 6.93. The van der Waals surface area contributed by atoms with Crippen LogP contribution in [0.1, 0.15) is 22.3 Å². The summed E-state index contributed by atoms with van der Waals surface area (Å²) in [5.41, 5.74) is 3.93. The molecule has 3 aromatic rings. The van der Waals surface area contributed by atoms with E-state index >= 15 is 0 Å². The molecule has 1 N–H and O–H groups in total. The maximum absolute atomic E-state index is 13.4. The van der Waals surface area contributed by atoms with Crippen LogP contribution in [0.4, 0.5) is 0 Å². The van der Waals surface area contributed by atoms with Crippen LogP contribution < -0.4 is 10.1 Å². The molecule has 0 radical (unpaired) electrons. The van der Waals surface area contributed by atoms with Gasteiger partial charge in [0, 0.05) is 24.5 Å². The molecule has 0 saturated carbocycles. The standard InChI is InChI=1S/C27H29BrN2O3/c1-19-9-10-20(2)25(15-19)33-18-26(31)30(17-22-11-13-23(28)14-12-22)24(27(32)29-3)16-21-7-5-4-6-8-21/h4-15,24H,16-18H2,1-3H3,(H,29,32)/t24-/m0/s1. The largest absolute Gasteiger partial charge is 0.483 e. The molecule has 0 spiro atoms. The van der Waals surface area contributed by atoms with Gasteiger partial charge in [-0.05, 0) is 54.3 Å². The van der Waals surface area contributed by atoms with Crippen molar-refractivity contribution in [3.05, 3.63) is 99.5 Å². The summed E-state index contributed by atoms with van der Waals surface area (Å²) in [5, 5.41) is 2.72. The molecule has 172 valence electrons. The number of nitrogens with one attached hydrogen (secondary N) is 1. The SMILES string of the molecule is CNC(=O)[C@H](Cc1ccccc1)N(Cc1ccc(Br)cc1)C(=O)COc1cc(C)ccc1C. The number of halogens is 1. The Labute approximate surface area is 203 Å². The van der Waals surface area contributed by atoms with E-state index in [0.717, 1.165) is 26.7 Å². The number of likely N-dealkylation sites (N-methyl/N-ethyl adjacent to an activating group) is 1. The molecule has 0 saturated heterocycles. The van der Waals surface area contributed by atoms with E-state index in [4.69, 9.17) is 4.74 Å². The second kappa shape index (κ2) is 11.7. The highest BCUT2D eigenvalue weighted by molar-refractivity contribution is 9.10. The number of carbonyl (C=O) groups is 2. The molecular weight excluding hydrogens is 480 g/mol. The Kier molecular flexibility index (Phi) is 8.66. The molecule has 3 rings (SSSR count). The first-order valence-electron chi connectivity index (χ1n) is 10.9. The second-order valence-corrected chi connectivity index (χ2v) is 8.94. The van der Waals surface area contributed by atoms with Gasteiger partial charge in [0.2, 0.25) is 5.91 Å². The molecule has 0 heterocycles. The molecule has 1 atom stereocenters. The third-order valence-electron chi connectivity index (χ3n) is 5.48. The first-order chi connectivity index (χ1) is 15.9. The van der Waals surface area contributed by atoms with E-state index in [1.54, 1.807) is 11.9 Å². The Hall–Kier alpha value is -3.12. The Bertz CT molecular complexity index is 1080. The van der Waals surface area contributed by atoms with Crippen molar-refractivity contribution >= 4 is 27.7 Å². The quantitative estimate of drug-likeness (QED) is 0.450. The number of hydrogen-bond acceptors (Lipinski definition) is 3. The predicted octanol–water partition coefficient (Wildman–Crippen LogP) is 4.83. The minimum atomic E-state index is -0.671. The van der Waals surface area contributed by atoms with Crippen molar-refractivity contribution in [3.63, 3.8) is 0 Å². The zero-order valence-electron chi connectivity index (χ0n) is 19.2. The number of hydrogen-bond donors (Lipinski definition) is 1. The van der Waals surface area contributed by atoms with E-state index in [1.165, 1.54) is 0 Å².